The van der Waals surface area contributed by atoms with Gasteiger partial charge in [-0.05, 0) is 39.7 Å². The number of hydrogen-bond donors (Lipinski definition) is 1. The summed E-state index contributed by atoms with van der Waals surface area (Å²) >= 11 is 3.08. The van der Waals surface area contributed by atoms with E-state index in [1.165, 1.54) is 12.1 Å². The van der Waals surface area contributed by atoms with Gasteiger partial charge in [-0.1, -0.05) is 13.8 Å². The predicted octanol–water partition coefficient (Wildman–Crippen LogP) is 4.08. The Morgan fingerprint density at radius 1 is 1.25 bits per heavy atom. The molecule has 0 saturated heterocycles. The van der Waals surface area contributed by atoms with Gasteiger partial charge >= 0.3 is 0 Å². The Hall–Kier alpha value is -1.20. The lowest BCUT2D eigenvalue weighted by Gasteiger charge is -2.08. The van der Waals surface area contributed by atoms with E-state index >= 15 is 0 Å². The Bertz CT molecular complexity index is 594. The molecule has 0 radical (unpaired) electrons. The summed E-state index contributed by atoms with van der Waals surface area (Å²) in [6.45, 7) is 5.07. The van der Waals surface area contributed by atoms with Gasteiger partial charge in [0.25, 0.3) is 0 Å². The van der Waals surface area contributed by atoms with Crippen molar-refractivity contribution in [2.75, 3.05) is 0 Å². The van der Waals surface area contributed by atoms with Gasteiger partial charge in [0.1, 0.15) is 11.6 Å². The first-order valence-electron chi connectivity index (χ1n) is 6.47. The van der Waals surface area contributed by atoms with E-state index in [9.17, 15) is 8.78 Å². The number of nitrogens with one attached hydrogen (secondary N) is 1. The van der Waals surface area contributed by atoms with E-state index in [1.807, 2.05) is 18.5 Å². The molecule has 0 spiro atoms. The van der Waals surface area contributed by atoms with Crippen LogP contribution in [0.1, 0.15) is 25.0 Å². The van der Waals surface area contributed by atoms with Crippen LogP contribution in [0.25, 0.3) is 0 Å². The summed E-state index contributed by atoms with van der Waals surface area (Å²) in [7, 11) is 0. The zero-order valence-electron chi connectivity index (χ0n) is 11.5. The average Bonchev–Trinajstić information content (AvgIpc) is 2.85. The maximum atomic E-state index is 13.9. The fourth-order valence-electron chi connectivity index (χ4n) is 1.91. The largest absolute Gasteiger partial charge is 0.349 e. The molecular formula is C15H17BrF2N2. The Balaban J connectivity index is 2.13. The summed E-state index contributed by atoms with van der Waals surface area (Å²) < 4.78 is 29.6. The minimum absolute atomic E-state index is 0.0679. The normalized spacial score (nSPS) is 11.3. The van der Waals surface area contributed by atoms with E-state index in [1.54, 1.807) is 4.57 Å². The van der Waals surface area contributed by atoms with Crippen molar-refractivity contribution in [3.63, 3.8) is 0 Å². The molecule has 1 aromatic carbocycles. The Kier molecular flexibility index (Phi) is 4.94. The fraction of sp³-hybridized carbons (Fsp3) is 0.333. The maximum absolute atomic E-state index is 13.9. The Morgan fingerprint density at radius 2 is 2.00 bits per heavy atom. The summed E-state index contributed by atoms with van der Waals surface area (Å²) in [5, 5.41) is 3.30. The van der Waals surface area contributed by atoms with Crippen molar-refractivity contribution < 1.29 is 8.78 Å². The van der Waals surface area contributed by atoms with E-state index in [-0.39, 0.29) is 16.6 Å². The quantitative estimate of drug-likeness (QED) is 0.810. The molecule has 108 valence electrons. The van der Waals surface area contributed by atoms with Crippen molar-refractivity contribution in [1.29, 1.82) is 0 Å². The van der Waals surface area contributed by atoms with Gasteiger partial charge in [-0.15, -0.1) is 0 Å². The van der Waals surface area contributed by atoms with Crippen LogP contribution in [0.15, 0.2) is 35.1 Å². The molecule has 2 nitrogen and oxygen atoms in total. The number of halogens is 3. The second-order valence-electron chi connectivity index (χ2n) is 5.05. The van der Waals surface area contributed by atoms with Crippen molar-refractivity contribution in [3.8, 4) is 0 Å². The van der Waals surface area contributed by atoms with Crippen LogP contribution >= 0.6 is 15.9 Å². The van der Waals surface area contributed by atoms with Crippen LogP contribution in [-0.2, 0) is 13.1 Å². The van der Waals surface area contributed by atoms with Gasteiger partial charge in [0.2, 0.25) is 0 Å². The van der Waals surface area contributed by atoms with E-state index in [0.717, 1.165) is 12.1 Å². The molecule has 0 aliphatic heterocycles. The molecule has 1 N–H and O–H groups in total. The van der Waals surface area contributed by atoms with Crippen molar-refractivity contribution in [2.45, 2.75) is 33.0 Å². The smallest absolute Gasteiger partial charge is 0.145 e. The molecule has 2 rings (SSSR count). The number of hydrogen-bond acceptors (Lipinski definition) is 1. The molecule has 0 aliphatic carbocycles. The Morgan fingerprint density at radius 3 is 2.70 bits per heavy atom. The predicted molar refractivity (Wildman–Crippen MR) is 79.6 cm³/mol. The highest BCUT2D eigenvalue weighted by Crippen LogP contribution is 2.22. The van der Waals surface area contributed by atoms with Crippen LogP contribution in [0, 0.1) is 11.6 Å². The fourth-order valence-corrected chi connectivity index (χ4v) is 2.28. The van der Waals surface area contributed by atoms with Crippen molar-refractivity contribution in [1.82, 2.24) is 9.88 Å². The standard InChI is InChI=1S/C15H17BrF2N2/c1-10(2)19-7-11-5-6-20(8-11)9-12-14(17)4-3-13(16)15(12)18/h3-6,8,10,19H,7,9H2,1-2H3. The van der Waals surface area contributed by atoms with E-state index < -0.39 is 11.6 Å². The summed E-state index contributed by atoms with van der Waals surface area (Å²) in [5.41, 5.74) is 1.16. The SMILES string of the molecule is CC(C)NCc1ccn(Cc2c(F)ccc(Br)c2F)c1. The minimum Gasteiger partial charge on any atom is -0.349 e. The molecule has 0 atom stereocenters. The first-order valence-corrected chi connectivity index (χ1v) is 7.27. The van der Waals surface area contributed by atoms with Gasteiger partial charge in [-0.3, -0.25) is 0 Å². The minimum atomic E-state index is -0.541. The van der Waals surface area contributed by atoms with Crippen LogP contribution in [0.2, 0.25) is 0 Å². The molecule has 2 aromatic rings. The summed E-state index contributed by atoms with van der Waals surface area (Å²) in [6.07, 6.45) is 3.73. The molecule has 20 heavy (non-hydrogen) atoms. The Labute approximate surface area is 125 Å². The van der Waals surface area contributed by atoms with Gasteiger partial charge in [0.05, 0.1) is 11.0 Å². The molecule has 0 amide bonds. The third-order valence-electron chi connectivity index (χ3n) is 3.01. The van der Waals surface area contributed by atoms with Gasteiger partial charge in [0.15, 0.2) is 0 Å². The van der Waals surface area contributed by atoms with Crippen molar-refractivity contribution in [3.05, 3.63) is 57.8 Å². The lowest BCUT2D eigenvalue weighted by Crippen LogP contribution is -2.21. The van der Waals surface area contributed by atoms with Gasteiger partial charge in [-0.25, -0.2) is 8.78 Å². The summed E-state index contributed by atoms with van der Waals surface area (Å²) in [5.74, 6) is -1.07. The second-order valence-corrected chi connectivity index (χ2v) is 5.90. The van der Waals surface area contributed by atoms with E-state index in [4.69, 9.17) is 0 Å². The van der Waals surface area contributed by atoms with Crippen molar-refractivity contribution >= 4 is 15.9 Å². The van der Waals surface area contributed by atoms with Crippen LogP contribution < -0.4 is 5.32 Å². The molecule has 0 bridgehead atoms. The van der Waals surface area contributed by atoms with Gasteiger partial charge < -0.3 is 9.88 Å². The molecule has 0 aliphatic rings. The lowest BCUT2D eigenvalue weighted by atomic mass is 10.2. The molecule has 0 fully saturated rings. The number of nitrogens with zero attached hydrogens (tertiary/aromatic N) is 1. The van der Waals surface area contributed by atoms with Crippen LogP contribution in [-0.4, -0.2) is 10.6 Å². The zero-order valence-corrected chi connectivity index (χ0v) is 13.0. The monoisotopic (exact) mass is 342 g/mol. The molecular weight excluding hydrogens is 326 g/mol. The van der Waals surface area contributed by atoms with Gasteiger partial charge in [0, 0.05) is 30.5 Å². The maximum Gasteiger partial charge on any atom is 0.145 e. The highest BCUT2D eigenvalue weighted by molar-refractivity contribution is 9.10. The summed E-state index contributed by atoms with van der Waals surface area (Å²) in [6, 6.07) is 5.00. The van der Waals surface area contributed by atoms with Crippen molar-refractivity contribution in [2.24, 2.45) is 0 Å². The topological polar surface area (TPSA) is 17.0 Å². The summed E-state index contributed by atoms with van der Waals surface area (Å²) in [4.78, 5) is 0. The lowest BCUT2D eigenvalue weighted by molar-refractivity contribution is 0.540. The number of rotatable bonds is 5. The first-order chi connectivity index (χ1) is 9.47. The molecule has 1 aromatic heterocycles. The highest BCUT2D eigenvalue weighted by Gasteiger charge is 2.12. The molecule has 0 unspecified atom stereocenters. The third-order valence-corrected chi connectivity index (χ3v) is 3.62. The zero-order chi connectivity index (χ0) is 14.7. The molecule has 1 heterocycles. The molecule has 5 heteroatoms. The van der Waals surface area contributed by atoms with Crippen LogP contribution in [0.4, 0.5) is 8.78 Å². The van der Waals surface area contributed by atoms with Gasteiger partial charge in [-0.2, -0.15) is 0 Å². The molecule has 0 saturated carbocycles. The van der Waals surface area contributed by atoms with Crippen LogP contribution in [0.5, 0.6) is 0 Å². The second kappa shape index (κ2) is 6.50. The third kappa shape index (κ3) is 3.67. The van der Waals surface area contributed by atoms with E-state index in [2.05, 4.69) is 35.1 Å². The number of aromatic nitrogens is 1. The average molecular weight is 343 g/mol. The number of benzene rings is 1. The highest BCUT2D eigenvalue weighted by atomic mass is 79.9. The first kappa shape index (κ1) is 15.2. The van der Waals surface area contributed by atoms with E-state index in [0.29, 0.717) is 6.04 Å². The van der Waals surface area contributed by atoms with Crippen LogP contribution in [0.3, 0.4) is 0 Å².